The summed E-state index contributed by atoms with van der Waals surface area (Å²) in [6.07, 6.45) is 0. The van der Waals surface area contributed by atoms with E-state index >= 15 is 0 Å². The summed E-state index contributed by atoms with van der Waals surface area (Å²) >= 11 is 0. The van der Waals surface area contributed by atoms with E-state index in [2.05, 4.69) is 4.98 Å². The van der Waals surface area contributed by atoms with Gasteiger partial charge in [-0.2, -0.15) is 0 Å². The Hall–Kier alpha value is -0.940. The van der Waals surface area contributed by atoms with E-state index < -0.39 is 10.8 Å². The van der Waals surface area contributed by atoms with E-state index in [4.69, 9.17) is 10.5 Å². The average molecular weight is 242 g/mol. The highest BCUT2D eigenvalue weighted by Gasteiger charge is 2.11. The van der Waals surface area contributed by atoms with Crippen molar-refractivity contribution in [2.75, 3.05) is 13.7 Å². The lowest BCUT2D eigenvalue weighted by Gasteiger charge is -2.09. The van der Waals surface area contributed by atoms with Crippen molar-refractivity contribution in [1.29, 1.82) is 0 Å². The number of aromatic nitrogens is 1. The van der Waals surface area contributed by atoms with E-state index in [9.17, 15) is 4.21 Å². The Kier molecular flexibility index (Phi) is 4.89. The fraction of sp³-hybridized carbons (Fsp3) is 0.545. The van der Waals surface area contributed by atoms with Crippen LogP contribution in [0, 0.1) is 6.92 Å². The van der Waals surface area contributed by atoms with Crippen molar-refractivity contribution in [3.8, 4) is 5.75 Å². The van der Waals surface area contributed by atoms with Gasteiger partial charge in [0.1, 0.15) is 5.75 Å². The number of methoxy groups -OCH3 is 1. The highest BCUT2D eigenvalue weighted by molar-refractivity contribution is 7.84. The smallest absolute Gasteiger partial charge is 0.122 e. The van der Waals surface area contributed by atoms with E-state index in [1.165, 1.54) is 0 Å². The first-order chi connectivity index (χ1) is 7.56. The molecule has 2 N–H and O–H groups in total. The first kappa shape index (κ1) is 13.1. The van der Waals surface area contributed by atoms with Gasteiger partial charge in [-0.15, -0.1) is 0 Å². The van der Waals surface area contributed by atoms with Crippen molar-refractivity contribution in [3.63, 3.8) is 0 Å². The van der Waals surface area contributed by atoms with Crippen molar-refractivity contribution in [2.24, 2.45) is 5.73 Å². The highest BCUT2D eigenvalue weighted by atomic mass is 32.2. The normalized spacial score (nSPS) is 14.5. The van der Waals surface area contributed by atoms with Crippen molar-refractivity contribution in [1.82, 2.24) is 4.98 Å². The number of pyridine rings is 1. The predicted octanol–water partition coefficient (Wildman–Crippen LogP) is 0.995. The van der Waals surface area contributed by atoms with Crippen molar-refractivity contribution in [3.05, 3.63) is 23.5 Å². The summed E-state index contributed by atoms with van der Waals surface area (Å²) in [5.41, 5.74) is 7.13. The summed E-state index contributed by atoms with van der Waals surface area (Å²) < 4.78 is 16.9. The summed E-state index contributed by atoms with van der Waals surface area (Å²) in [5.74, 6) is 1.18. The van der Waals surface area contributed by atoms with Gasteiger partial charge in [0.2, 0.25) is 0 Å². The van der Waals surface area contributed by atoms with Crippen LogP contribution in [0.4, 0.5) is 0 Å². The van der Waals surface area contributed by atoms with Crippen molar-refractivity contribution in [2.45, 2.75) is 24.9 Å². The van der Waals surface area contributed by atoms with Crippen LogP contribution in [0.5, 0.6) is 5.75 Å². The Morgan fingerprint density at radius 2 is 2.25 bits per heavy atom. The van der Waals surface area contributed by atoms with E-state index in [-0.39, 0.29) is 5.25 Å². The summed E-state index contributed by atoms with van der Waals surface area (Å²) in [6, 6.07) is 3.66. The zero-order valence-electron chi connectivity index (χ0n) is 9.90. The van der Waals surface area contributed by atoms with E-state index in [0.717, 1.165) is 17.1 Å². The SMILES string of the molecule is COc1cc(C)nc(CS(=O)C(C)CN)c1. The third-order valence-corrected chi connectivity index (χ3v) is 3.96. The minimum atomic E-state index is -0.977. The molecular weight excluding hydrogens is 224 g/mol. The molecule has 90 valence electrons. The molecule has 0 bridgehead atoms. The summed E-state index contributed by atoms with van der Waals surface area (Å²) in [7, 11) is 0.632. The first-order valence-electron chi connectivity index (χ1n) is 5.15. The Balaban J connectivity index is 2.81. The summed E-state index contributed by atoms with van der Waals surface area (Å²) in [4.78, 5) is 4.32. The Labute approximate surface area is 98.7 Å². The van der Waals surface area contributed by atoms with Crippen LogP contribution in [0.25, 0.3) is 0 Å². The topological polar surface area (TPSA) is 65.2 Å². The summed E-state index contributed by atoms with van der Waals surface area (Å²) in [5, 5.41) is -0.00620. The molecular formula is C11H18N2O2S. The van der Waals surface area contributed by atoms with Gasteiger partial charge in [-0.05, 0) is 13.8 Å². The van der Waals surface area contributed by atoms with E-state index in [1.54, 1.807) is 7.11 Å². The second-order valence-corrected chi connectivity index (χ2v) is 5.57. The maximum Gasteiger partial charge on any atom is 0.122 e. The molecule has 5 heteroatoms. The fourth-order valence-electron chi connectivity index (χ4n) is 1.29. The van der Waals surface area contributed by atoms with Gasteiger partial charge in [-0.1, -0.05) is 0 Å². The Bertz CT molecular complexity index is 382. The molecule has 0 aliphatic carbocycles. The number of nitrogens with two attached hydrogens (primary N) is 1. The number of aryl methyl sites for hydroxylation is 1. The molecule has 0 aliphatic heterocycles. The molecule has 0 fully saturated rings. The van der Waals surface area contributed by atoms with Gasteiger partial charge in [0.05, 0.1) is 18.6 Å². The molecule has 0 saturated carbocycles. The molecule has 0 radical (unpaired) electrons. The van der Waals surface area contributed by atoms with Gasteiger partial charge in [0.25, 0.3) is 0 Å². The third-order valence-electron chi connectivity index (χ3n) is 2.29. The molecule has 1 rings (SSSR count). The maximum absolute atomic E-state index is 11.8. The Morgan fingerprint density at radius 1 is 1.56 bits per heavy atom. The number of hydrogen-bond acceptors (Lipinski definition) is 4. The zero-order chi connectivity index (χ0) is 12.1. The number of nitrogens with zero attached hydrogens (tertiary/aromatic N) is 1. The van der Waals surface area contributed by atoms with E-state index in [0.29, 0.717) is 12.3 Å². The number of rotatable bonds is 5. The van der Waals surface area contributed by atoms with Gasteiger partial charge in [0.15, 0.2) is 0 Å². The molecule has 4 nitrogen and oxygen atoms in total. The second-order valence-electron chi connectivity index (χ2n) is 3.71. The van der Waals surface area contributed by atoms with E-state index in [1.807, 2.05) is 26.0 Å². The molecule has 2 unspecified atom stereocenters. The Morgan fingerprint density at radius 3 is 2.81 bits per heavy atom. The average Bonchev–Trinajstić information content (AvgIpc) is 2.26. The third kappa shape index (κ3) is 3.57. The standard InChI is InChI=1S/C11H18N2O2S/c1-8-4-11(15-3)5-10(13-8)7-16(14)9(2)6-12/h4-5,9H,6-7,12H2,1-3H3. The van der Waals surface area contributed by atoms with Crippen molar-refractivity contribution >= 4 is 10.8 Å². The number of hydrogen-bond donors (Lipinski definition) is 1. The van der Waals surface area contributed by atoms with Gasteiger partial charge >= 0.3 is 0 Å². The lowest BCUT2D eigenvalue weighted by Crippen LogP contribution is -2.23. The quantitative estimate of drug-likeness (QED) is 0.836. The van der Waals surface area contributed by atoms with Crippen LogP contribution in [0.2, 0.25) is 0 Å². The zero-order valence-corrected chi connectivity index (χ0v) is 10.7. The van der Waals surface area contributed by atoms with Gasteiger partial charge < -0.3 is 10.5 Å². The minimum Gasteiger partial charge on any atom is -0.497 e. The van der Waals surface area contributed by atoms with Crippen LogP contribution < -0.4 is 10.5 Å². The van der Waals surface area contributed by atoms with Crippen molar-refractivity contribution < 1.29 is 8.95 Å². The highest BCUT2D eigenvalue weighted by Crippen LogP contribution is 2.15. The van der Waals surface area contributed by atoms with Gasteiger partial charge in [-0.25, -0.2) is 0 Å². The predicted molar refractivity (Wildman–Crippen MR) is 65.9 cm³/mol. The molecule has 1 aromatic rings. The molecule has 0 aliphatic rings. The van der Waals surface area contributed by atoms with Crippen LogP contribution in [0.15, 0.2) is 12.1 Å². The molecule has 0 aromatic carbocycles. The molecule has 1 aromatic heterocycles. The monoisotopic (exact) mass is 242 g/mol. The molecule has 0 saturated heterocycles. The lowest BCUT2D eigenvalue weighted by atomic mass is 10.3. The minimum absolute atomic E-state index is 0.00620. The largest absolute Gasteiger partial charge is 0.497 e. The van der Waals surface area contributed by atoms with Gasteiger partial charge in [-0.3, -0.25) is 9.19 Å². The van der Waals surface area contributed by atoms with Crippen LogP contribution in [-0.4, -0.2) is 28.1 Å². The lowest BCUT2D eigenvalue weighted by molar-refractivity contribution is 0.413. The summed E-state index contributed by atoms with van der Waals surface area (Å²) in [6.45, 7) is 4.19. The van der Waals surface area contributed by atoms with Gasteiger partial charge in [0, 0.05) is 40.4 Å². The molecule has 1 heterocycles. The molecule has 2 atom stereocenters. The van der Waals surface area contributed by atoms with Crippen LogP contribution >= 0.6 is 0 Å². The molecule has 0 spiro atoms. The molecule has 16 heavy (non-hydrogen) atoms. The van der Waals surface area contributed by atoms with Crippen LogP contribution in [0.1, 0.15) is 18.3 Å². The van der Waals surface area contributed by atoms with Crippen LogP contribution in [0.3, 0.4) is 0 Å². The number of ether oxygens (including phenoxy) is 1. The second kappa shape index (κ2) is 5.96. The fourth-order valence-corrected chi connectivity index (χ4v) is 2.23. The maximum atomic E-state index is 11.8. The molecule has 0 amide bonds. The first-order valence-corrected chi connectivity index (χ1v) is 6.53. The van der Waals surface area contributed by atoms with Crippen LogP contribution in [-0.2, 0) is 16.6 Å².